The van der Waals surface area contributed by atoms with Gasteiger partial charge >= 0.3 is 0 Å². The Morgan fingerprint density at radius 3 is 2.81 bits per heavy atom. The SMILES string of the molecule is CCCNCC(O)Cc1cc(Cl)ccc1Cl. The number of benzene rings is 1. The van der Waals surface area contributed by atoms with Crippen molar-refractivity contribution in [3.8, 4) is 0 Å². The van der Waals surface area contributed by atoms with Gasteiger partial charge in [-0.25, -0.2) is 0 Å². The molecule has 0 radical (unpaired) electrons. The number of aliphatic hydroxyl groups excluding tert-OH is 1. The summed E-state index contributed by atoms with van der Waals surface area (Å²) in [6.07, 6.45) is 1.16. The Bertz CT molecular complexity index is 331. The molecule has 2 nitrogen and oxygen atoms in total. The van der Waals surface area contributed by atoms with Gasteiger partial charge in [0.2, 0.25) is 0 Å². The lowest BCUT2D eigenvalue weighted by atomic mass is 10.1. The number of hydrogen-bond acceptors (Lipinski definition) is 2. The minimum atomic E-state index is -0.428. The molecule has 0 spiro atoms. The first-order valence-electron chi connectivity index (χ1n) is 5.46. The largest absolute Gasteiger partial charge is 0.391 e. The predicted molar refractivity (Wildman–Crippen MR) is 69.3 cm³/mol. The molecule has 1 aromatic carbocycles. The van der Waals surface area contributed by atoms with Gasteiger partial charge in [-0.1, -0.05) is 30.1 Å². The first kappa shape index (κ1) is 13.8. The van der Waals surface area contributed by atoms with Gasteiger partial charge in [0.25, 0.3) is 0 Å². The molecule has 0 saturated heterocycles. The minimum absolute atomic E-state index is 0.428. The first-order valence-corrected chi connectivity index (χ1v) is 6.21. The Kier molecular flexibility index (Phi) is 6.14. The van der Waals surface area contributed by atoms with Gasteiger partial charge < -0.3 is 10.4 Å². The zero-order valence-corrected chi connectivity index (χ0v) is 10.9. The fraction of sp³-hybridized carbons (Fsp3) is 0.500. The van der Waals surface area contributed by atoms with Crippen molar-refractivity contribution in [2.75, 3.05) is 13.1 Å². The molecular formula is C12H17Cl2NO. The van der Waals surface area contributed by atoms with Crippen LogP contribution in [0.2, 0.25) is 10.0 Å². The van der Waals surface area contributed by atoms with Crippen LogP contribution in [0.4, 0.5) is 0 Å². The lowest BCUT2D eigenvalue weighted by molar-refractivity contribution is 0.172. The quantitative estimate of drug-likeness (QED) is 0.772. The molecule has 1 atom stereocenters. The summed E-state index contributed by atoms with van der Waals surface area (Å²) in [6, 6.07) is 5.30. The van der Waals surface area contributed by atoms with Crippen molar-refractivity contribution < 1.29 is 5.11 Å². The van der Waals surface area contributed by atoms with E-state index >= 15 is 0 Å². The van der Waals surface area contributed by atoms with Crippen LogP contribution in [0.5, 0.6) is 0 Å². The Hall–Kier alpha value is -0.280. The zero-order chi connectivity index (χ0) is 12.0. The van der Waals surface area contributed by atoms with E-state index in [1.807, 2.05) is 0 Å². The predicted octanol–water partition coefficient (Wildman–Crippen LogP) is 2.90. The maximum atomic E-state index is 9.78. The normalized spacial score (nSPS) is 12.8. The van der Waals surface area contributed by atoms with E-state index in [2.05, 4.69) is 12.2 Å². The van der Waals surface area contributed by atoms with E-state index in [1.165, 1.54) is 0 Å². The third-order valence-corrected chi connectivity index (χ3v) is 2.87. The van der Waals surface area contributed by atoms with Gasteiger partial charge in [-0.2, -0.15) is 0 Å². The maximum absolute atomic E-state index is 9.78. The van der Waals surface area contributed by atoms with Gasteiger partial charge in [0, 0.05) is 23.0 Å². The fourth-order valence-electron chi connectivity index (χ4n) is 1.47. The van der Waals surface area contributed by atoms with E-state index in [0.29, 0.717) is 23.0 Å². The summed E-state index contributed by atoms with van der Waals surface area (Å²) < 4.78 is 0. The average molecular weight is 262 g/mol. The molecule has 0 bridgehead atoms. The molecule has 0 heterocycles. The Labute approximate surface area is 107 Å². The van der Waals surface area contributed by atoms with Crippen LogP contribution in [0.15, 0.2) is 18.2 Å². The highest BCUT2D eigenvalue weighted by atomic mass is 35.5. The molecule has 0 aliphatic rings. The smallest absolute Gasteiger partial charge is 0.0705 e. The second-order valence-corrected chi connectivity index (χ2v) is 4.64. The monoisotopic (exact) mass is 261 g/mol. The number of hydrogen-bond donors (Lipinski definition) is 2. The van der Waals surface area contributed by atoms with Crippen molar-refractivity contribution in [3.05, 3.63) is 33.8 Å². The molecule has 1 unspecified atom stereocenters. The molecule has 0 saturated carbocycles. The number of rotatable bonds is 6. The summed E-state index contributed by atoms with van der Waals surface area (Å²) in [7, 11) is 0. The van der Waals surface area contributed by atoms with Crippen LogP contribution in [0, 0.1) is 0 Å². The van der Waals surface area contributed by atoms with Gasteiger partial charge in [-0.3, -0.25) is 0 Å². The summed E-state index contributed by atoms with van der Waals surface area (Å²) in [6.45, 7) is 3.59. The fourth-order valence-corrected chi connectivity index (χ4v) is 1.86. The third kappa shape index (κ3) is 4.71. The van der Waals surface area contributed by atoms with Crippen molar-refractivity contribution in [2.45, 2.75) is 25.9 Å². The molecule has 90 valence electrons. The van der Waals surface area contributed by atoms with Crippen molar-refractivity contribution in [2.24, 2.45) is 0 Å². The highest BCUT2D eigenvalue weighted by molar-refractivity contribution is 6.33. The number of nitrogens with one attached hydrogen (secondary N) is 1. The van der Waals surface area contributed by atoms with Crippen LogP contribution in [0.3, 0.4) is 0 Å². The van der Waals surface area contributed by atoms with Crippen molar-refractivity contribution >= 4 is 23.2 Å². The number of halogens is 2. The van der Waals surface area contributed by atoms with Gasteiger partial charge in [0.15, 0.2) is 0 Å². The zero-order valence-electron chi connectivity index (χ0n) is 9.34. The Balaban J connectivity index is 2.48. The van der Waals surface area contributed by atoms with E-state index in [4.69, 9.17) is 23.2 Å². The van der Waals surface area contributed by atoms with Crippen LogP contribution >= 0.6 is 23.2 Å². The van der Waals surface area contributed by atoms with Gasteiger partial charge in [0.1, 0.15) is 0 Å². The average Bonchev–Trinajstić information content (AvgIpc) is 2.24. The first-order chi connectivity index (χ1) is 7.63. The van der Waals surface area contributed by atoms with Crippen molar-refractivity contribution in [3.63, 3.8) is 0 Å². The Morgan fingerprint density at radius 1 is 1.38 bits per heavy atom. The molecular weight excluding hydrogens is 245 g/mol. The minimum Gasteiger partial charge on any atom is -0.391 e. The molecule has 0 aliphatic heterocycles. The summed E-state index contributed by atoms with van der Waals surface area (Å²) >= 11 is 11.9. The van der Waals surface area contributed by atoms with Crippen LogP contribution in [-0.4, -0.2) is 24.3 Å². The third-order valence-electron chi connectivity index (χ3n) is 2.27. The summed E-state index contributed by atoms with van der Waals surface area (Å²) in [5.41, 5.74) is 0.889. The standard InChI is InChI=1S/C12H17Cl2NO/c1-2-5-15-8-11(16)7-9-6-10(13)3-4-12(9)14/h3-4,6,11,15-16H,2,5,7-8H2,1H3. The molecule has 4 heteroatoms. The van der Waals surface area contributed by atoms with Crippen molar-refractivity contribution in [1.82, 2.24) is 5.32 Å². The lowest BCUT2D eigenvalue weighted by Gasteiger charge is -2.12. The molecule has 0 aromatic heterocycles. The topological polar surface area (TPSA) is 32.3 Å². The molecule has 16 heavy (non-hydrogen) atoms. The van der Waals surface area contributed by atoms with Crippen LogP contribution in [-0.2, 0) is 6.42 Å². The Morgan fingerprint density at radius 2 is 2.12 bits per heavy atom. The second kappa shape index (κ2) is 7.13. The summed E-state index contributed by atoms with van der Waals surface area (Å²) in [4.78, 5) is 0. The maximum Gasteiger partial charge on any atom is 0.0705 e. The molecule has 0 fully saturated rings. The van der Waals surface area contributed by atoms with Gasteiger partial charge in [-0.05, 0) is 36.7 Å². The van der Waals surface area contributed by atoms with Crippen LogP contribution in [0.1, 0.15) is 18.9 Å². The lowest BCUT2D eigenvalue weighted by Crippen LogP contribution is -2.28. The number of aliphatic hydroxyl groups is 1. The summed E-state index contributed by atoms with van der Waals surface area (Å²) in [5, 5.41) is 14.2. The molecule has 1 aromatic rings. The highest BCUT2D eigenvalue weighted by Gasteiger charge is 2.08. The van der Waals surface area contributed by atoms with E-state index in [0.717, 1.165) is 18.5 Å². The molecule has 0 amide bonds. The van der Waals surface area contributed by atoms with E-state index in [-0.39, 0.29) is 0 Å². The molecule has 2 N–H and O–H groups in total. The van der Waals surface area contributed by atoms with E-state index < -0.39 is 6.10 Å². The van der Waals surface area contributed by atoms with Gasteiger partial charge in [-0.15, -0.1) is 0 Å². The van der Waals surface area contributed by atoms with Crippen LogP contribution in [0.25, 0.3) is 0 Å². The second-order valence-electron chi connectivity index (χ2n) is 3.80. The van der Waals surface area contributed by atoms with E-state index in [1.54, 1.807) is 18.2 Å². The van der Waals surface area contributed by atoms with Crippen molar-refractivity contribution in [1.29, 1.82) is 0 Å². The molecule has 0 aliphatic carbocycles. The van der Waals surface area contributed by atoms with Gasteiger partial charge in [0.05, 0.1) is 6.10 Å². The summed E-state index contributed by atoms with van der Waals surface area (Å²) in [5.74, 6) is 0. The molecule has 1 rings (SSSR count). The van der Waals surface area contributed by atoms with E-state index in [9.17, 15) is 5.11 Å². The highest BCUT2D eigenvalue weighted by Crippen LogP contribution is 2.21. The van der Waals surface area contributed by atoms with Crippen LogP contribution < -0.4 is 5.32 Å².